The number of anilines is 1. The van der Waals surface area contributed by atoms with Gasteiger partial charge in [0.15, 0.2) is 6.61 Å². The third-order valence-corrected chi connectivity index (χ3v) is 3.71. The number of hydrogen-bond acceptors (Lipinski definition) is 4. The van der Waals surface area contributed by atoms with Crippen LogP contribution in [-0.4, -0.2) is 42.2 Å². The molecule has 7 nitrogen and oxygen atoms in total. The molecule has 0 aliphatic rings. The summed E-state index contributed by atoms with van der Waals surface area (Å²) in [6.45, 7) is 9.29. The van der Waals surface area contributed by atoms with E-state index in [0.717, 1.165) is 0 Å². The Morgan fingerprint density at radius 1 is 1.19 bits per heavy atom. The maximum atomic E-state index is 12.3. The van der Waals surface area contributed by atoms with Crippen molar-refractivity contribution in [3.8, 4) is 0 Å². The maximum Gasteiger partial charge on any atom is 0.263 e. The summed E-state index contributed by atoms with van der Waals surface area (Å²) in [7, 11) is 0. The number of amidine groups is 1. The second-order valence-corrected chi connectivity index (χ2v) is 7.55. The molecule has 0 saturated heterocycles. The molecule has 0 spiro atoms. The zero-order valence-corrected chi connectivity index (χ0v) is 17.1. The van der Waals surface area contributed by atoms with Gasteiger partial charge in [0.25, 0.3) is 5.91 Å². The minimum atomic E-state index is -0.375. The lowest BCUT2D eigenvalue weighted by molar-refractivity contribution is -0.137. The summed E-state index contributed by atoms with van der Waals surface area (Å²) in [4.78, 5) is 31.1. The standard InChI is InChI=1S/C19H29ClN4O3/c1-13(2)10-24(11-14(3)4)19(26)12-27-23-17(21)9-18(25)22-16-8-6-5-7-15(16)20/h5-8,13-14H,9-12H2,1-4H3,(H2,21,23)(H,22,25). The molecule has 0 aromatic heterocycles. The van der Waals surface area contributed by atoms with E-state index in [0.29, 0.717) is 35.6 Å². The van der Waals surface area contributed by atoms with Gasteiger partial charge in [0.05, 0.1) is 17.1 Å². The molecule has 1 aromatic carbocycles. The van der Waals surface area contributed by atoms with E-state index in [4.69, 9.17) is 22.2 Å². The van der Waals surface area contributed by atoms with E-state index >= 15 is 0 Å². The van der Waals surface area contributed by atoms with Crippen LogP contribution >= 0.6 is 11.6 Å². The molecular formula is C19H29ClN4O3. The first-order chi connectivity index (χ1) is 12.7. The molecular weight excluding hydrogens is 368 g/mol. The fourth-order valence-corrected chi connectivity index (χ4v) is 2.56. The molecule has 0 bridgehead atoms. The lowest BCUT2D eigenvalue weighted by Crippen LogP contribution is -2.39. The molecule has 27 heavy (non-hydrogen) atoms. The normalized spacial score (nSPS) is 11.6. The second-order valence-electron chi connectivity index (χ2n) is 7.15. The monoisotopic (exact) mass is 396 g/mol. The van der Waals surface area contributed by atoms with Crippen LogP contribution in [0.15, 0.2) is 29.4 Å². The van der Waals surface area contributed by atoms with Gasteiger partial charge in [-0.3, -0.25) is 9.59 Å². The summed E-state index contributed by atoms with van der Waals surface area (Å²) in [5.41, 5.74) is 6.19. The van der Waals surface area contributed by atoms with Crippen LogP contribution in [0.2, 0.25) is 5.02 Å². The zero-order valence-electron chi connectivity index (χ0n) is 16.4. The van der Waals surface area contributed by atoms with Crippen LogP contribution in [0.5, 0.6) is 0 Å². The van der Waals surface area contributed by atoms with Crippen LogP contribution in [0.1, 0.15) is 34.1 Å². The Bertz CT molecular complexity index is 652. The highest BCUT2D eigenvalue weighted by atomic mass is 35.5. The van der Waals surface area contributed by atoms with E-state index in [1.807, 2.05) is 0 Å². The molecule has 8 heteroatoms. The first-order valence-corrected chi connectivity index (χ1v) is 9.33. The summed E-state index contributed by atoms with van der Waals surface area (Å²) in [5, 5.41) is 6.73. The Kier molecular flexibility index (Phi) is 9.64. The Labute approximate surface area is 165 Å². The van der Waals surface area contributed by atoms with Crippen LogP contribution in [0.3, 0.4) is 0 Å². The number of halogens is 1. The van der Waals surface area contributed by atoms with Gasteiger partial charge in [0, 0.05) is 13.1 Å². The summed E-state index contributed by atoms with van der Waals surface area (Å²) in [5.74, 6) is 0.158. The number of oxime groups is 1. The molecule has 2 amide bonds. The predicted molar refractivity (Wildman–Crippen MR) is 109 cm³/mol. The minimum absolute atomic E-state index is 0.0216. The summed E-state index contributed by atoms with van der Waals surface area (Å²) >= 11 is 5.98. The van der Waals surface area contributed by atoms with E-state index in [-0.39, 0.29) is 30.7 Å². The SMILES string of the molecule is CC(C)CN(CC(C)C)C(=O)CON=C(N)CC(=O)Nc1ccccc1Cl. The number of rotatable bonds is 10. The number of nitrogens with zero attached hydrogens (tertiary/aromatic N) is 2. The molecule has 0 unspecified atom stereocenters. The summed E-state index contributed by atoms with van der Waals surface area (Å²) in [6, 6.07) is 6.87. The molecule has 0 aliphatic carbocycles. The highest BCUT2D eigenvalue weighted by molar-refractivity contribution is 6.33. The molecule has 1 rings (SSSR count). The van der Waals surface area contributed by atoms with Crippen LogP contribution in [0, 0.1) is 11.8 Å². The lowest BCUT2D eigenvalue weighted by atomic mass is 10.1. The van der Waals surface area contributed by atoms with Crippen molar-refractivity contribution >= 4 is 34.9 Å². The quantitative estimate of drug-likeness (QED) is 0.360. The smallest absolute Gasteiger partial charge is 0.263 e. The average molecular weight is 397 g/mol. The molecule has 0 atom stereocenters. The van der Waals surface area contributed by atoms with Crippen molar-refractivity contribution < 1.29 is 14.4 Å². The van der Waals surface area contributed by atoms with Gasteiger partial charge in [0.2, 0.25) is 5.91 Å². The Morgan fingerprint density at radius 3 is 2.33 bits per heavy atom. The zero-order chi connectivity index (χ0) is 20.4. The van der Waals surface area contributed by atoms with Crippen molar-refractivity contribution in [2.24, 2.45) is 22.7 Å². The van der Waals surface area contributed by atoms with Gasteiger partial charge in [-0.2, -0.15) is 0 Å². The number of benzene rings is 1. The highest BCUT2D eigenvalue weighted by Crippen LogP contribution is 2.20. The van der Waals surface area contributed by atoms with Gasteiger partial charge >= 0.3 is 0 Å². The number of nitrogens with two attached hydrogens (primary N) is 1. The van der Waals surface area contributed by atoms with E-state index in [1.54, 1.807) is 29.2 Å². The van der Waals surface area contributed by atoms with Gasteiger partial charge in [-0.1, -0.05) is 56.6 Å². The van der Waals surface area contributed by atoms with Crippen LogP contribution in [0.4, 0.5) is 5.69 Å². The van der Waals surface area contributed by atoms with Crippen LogP contribution in [-0.2, 0) is 14.4 Å². The Morgan fingerprint density at radius 2 is 1.78 bits per heavy atom. The Balaban J connectivity index is 2.49. The Hall–Kier alpha value is -2.28. The van der Waals surface area contributed by atoms with Crippen LogP contribution in [0.25, 0.3) is 0 Å². The number of para-hydroxylation sites is 1. The van der Waals surface area contributed by atoms with E-state index in [1.165, 1.54) is 0 Å². The third-order valence-electron chi connectivity index (χ3n) is 3.38. The number of hydrogen-bond donors (Lipinski definition) is 2. The number of carbonyl (C=O) groups excluding carboxylic acids is 2. The third kappa shape index (κ3) is 9.28. The number of carbonyl (C=O) groups is 2. The van der Waals surface area contributed by atoms with Gasteiger partial charge in [-0.05, 0) is 24.0 Å². The van der Waals surface area contributed by atoms with Crippen molar-refractivity contribution in [3.63, 3.8) is 0 Å². The largest absolute Gasteiger partial charge is 0.384 e. The summed E-state index contributed by atoms with van der Waals surface area (Å²) in [6.07, 6.45) is -0.166. The predicted octanol–water partition coefficient (Wildman–Crippen LogP) is 3.10. The minimum Gasteiger partial charge on any atom is -0.384 e. The fourth-order valence-electron chi connectivity index (χ4n) is 2.38. The molecule has 1 aromatic rings. The van der Waals surface area contributed by atoms with Crippen molar-refractivity contribution in [3.05, 3.63) is 29.3 Å². The summed E-state index contributed by atoms with van der Waals surface area (Å²) < 4.78 is 0. The van der Waals surface area contributed by atoms with Crippen molar-refractivity contribution in [2.45, 2.75) is 34.1 Å². The molecule has 0 fully saturated rings. The molecule has 0 aliphatic heterocycles. The molecule has 3 N–H and O–H groups in total. The van der Waals surface area contributed by atoms with Crippen molar-refractivity contribution in [1.82, 2.24) is 4.90 Å². The van der Waals surface area contributed by atoms with E-state index in [2.05, 4.69) is 38.2 Å². The molecule has 0 saturated carbocycles. The molecule has 0 radical (unpaired) electrons. The molecule has 150 valence electrons. The van der Waals surface area contributed by atoms with Gasteiger partial charge in [0.1, 0.15) is 5.84 Å². The van der Waals surface area contributed by atoms with Gasteiger partial charge < -0.3 is 20.8 Å². The first kappa shape index (κ1) is 22.8. The maximum absolute atomic E-state index is 12.3. The van der Waals surface area contributed by atoms with Crippen molar-refractivity contribution in [2.75, 3.05) is 25.0 Å². The molecule has 0 heterocycles. The first-order valence-electron chi connectivity index (χ1n) is 8.95. The number of amides is 2. The number of nitrogens with one attached hydrogen (secondary N) is 1. The fraction of sp³-hybridized carbons (Fsp3) is 0.526. The highest BCUT2D eigenvalue weighted by Gasteiger charge is 2.17. The lowest BCUT2D eigenvalue weighted by Gasteiger charge is -2.25. The second kappa shape index (κ2) is 11.4. The van der Waals surface area contributed by atoms with E-state index < -0.39 is 0 Å². The van der Waals surface area contributed by atoms with E-state index in [9.17, 15) is 9.59 Å². The topological polar surface area (TPSA) is 97.0 Å². The van der Waals surface area contributed by atoms with Gasteiger partial charge in [-0.25, -0.2) is 0 Å². The van der Waals surface area contributed by atoms with Crippen molar-refractivity contribution in [1.29, 1.82) is 0 Å². The van der Waals surface area contributed by atoms with Gasteiger partial charge in [-0.15, -0.1) is 0 Å². The average Bonchev–Trinajstić information content (AvgIpc) is 2.55. The van der Waals surface area contributed by atoms with Crippen LogP contribution < -0.4 is 11.1 Å².